The Labute approximate surface area is 250 Å². The summed E-state index contributed by atoms with van der Waals surface area (Å²) < 4.78 is 0. The average Bonchev–Trinajstić information content (AvgIpc) is 3.41. The van der Waals surface area contributed by atoms with Gasteiger partial charge in [-0.25, -0.2) is 15.0 Å². The Morgan fingerprint density at radius 1 is 1.07 bits per heavy atom. The maximum Gasteiger partial charge on any atom is 0.255 e. The maximum atomic E-state index is 13.9. The molecule has 2 aromatic carbocycles. The standard InChI is InChI=1S/C31H37Cl2N7O/c1-19(29-37-26-12-11-20(32)14-28(26)38-29)36-30-24-15-25(33)23(16-27(24)34-18-35-30)31(41)40-13-7-6-10-22(40)17-39(2)21-8-4-3-5-9-21/h11-12,14-16,18-19,21-22H,3-10,13,17H2,1-2H3,(H,37,38)(H,34,35,36)/t19-,22-/m0/s1. The maximum absolute atomic E-state index is 13.9. The van der Waals surface area contributed by atoms with Crippen molar-refractivity contribution in [3.63, 3.8) is 0 Å². The topological polar surface area (TPSA) is 90.0 Å². The molecule has 2 fully saturated rings. The molecular weight excluding hydrogens is 557 g/mol. The number of piperidine rings is 1. The smallest absolute Gasteiger partial charge is 0.255 e. The average molecular weight is 595 g/mol. The van der Waals surface area contributed by atoms with Crippen molar-refractivity contribution in [3.05, 3.63) is 58.1 Å². The fourth-order valence-corrected chi connectivity index (χ4v) is 6.87. The summed E-state index contributed by atoms with van der Waals surface area (Å²) in [5, 5.41) is 5.26. The Hall–Kier alpha value is -2.94. The molecule has 1 aliphatic heterocycles. The molecular formula is C31H37Cl2N7O. The molecule has 4 aromatic rings. The van der Waals surface area contributed by atoms with Crippen LogP contribution in [0.25, 0.3) is 21.9 Å². The van der Waals surface area contributed by atoms with Crippen LogP contribution in [0.15, 0.2) is 36.7 Å². The van der Waals surface area contributed by atoms with E-state index in [2.05, 4.69) is 32.2 Å². The van der Waals surface area contributed by atoms with Gasteiger partial charge in [0.2, 0.25) is 0 Å². The Balaban J connectivity index is 1.22. The van der Waals surface area contributed by atoms with Crippen molar-refractivity contribution in [3.8, 4) is 0 Å². The summed E-state index contributed by atoms with van der Waals surface area (Å²) in [4.78, 5) is 35.5. The van der Waals surface area contributed by atoms with Gasteiger partial charge in [-0.15, -0.1) is 0 Å². The first-order valence-electron chi connectivity index (χ1n) is 14.7. The Bertz CT molecular complexity index is 1550. The molecule has 2 aliphatic rings. The SMILES string of the molecule is C[C@H](Nc1ncnc2cc(C(=O)N3CCCC[C@H]3CN(C)C3CCCCC3)c(Cl)cc12)c1nc2ccc(Cl)cc2[nH]1. The van der Waals surface area contributed by atoms with Crippen molar-refractivity contribution in [1.82, 2.24) is 29.7 Å². The highest BCUT2D eigenvalue weighted by atomic mass is 35.5. The number of aromatic amines is 1. The minimum Gasteiger partial charge on any atom is -0.360 e. The first-order chi connectivity index (χ1) is 19.9. The molecule has 0 bridgehead atoms. The highest BCUT2D eigenvalue weighted by molar-refractivity contribution is 6.35. The second-order valence-electron chi connectivity index (χ2n) is 11.6. The number of rotatable bonds is 7. The van der Waals surface area contributed by atoms with Gasteiger partial charge in [-0.2, -0.15) is 0 Å². The van der Waals surface area contributed by atoms with Gasteiger partial charge in [0, 0.05) is 35.6 Å². The largest absolute Gasteiger partial charge is 0.360 e. The number of anilines is 1. The molecule has 0 radical (unpaired) electrons. The Morgan fingerprint density at radius 3 is 2.71 bits per heavy atom. The number of hydrogen-bond acceptors (Lipinski definition) is 6. The van der Waals surface area contributed by atoms with E-state index in [-0.39, 0.29) is 18.0 Å². The molecule has 3 heterocycles. The van der Waals surface area contributed by atoms with Crippen molar-refractivity contribution in [1.29, 1.82) is 0 Å². The summed E-state index contributed by atoms with van der Waals surface area (Å²) in [6.45, 7) is 3.67. The lowest BCUT2D eigenvalue weighted by atomic mass is 9.93. The third kappa shape index (κ3) is 6.01. The van der Waals surface area contributed by atoms with Crippen molar-refractivity contribution in [2.45, 2.75) is 76.4 Å². The lowest BCUT2D eigenvalue weighted by Crippen LogP contribution is -2.50. The highest BCUT2D eigenvalue weighted by Gasteiger charge is 2.31. The lowest BCUT2D eigenvalue weighted by Gasteiger charge is -2.40. The van der Waals surface area contributed by atoms with Gasteiger partial charge in [-0.3, -0.25) is 4.79 Å². The van der Waals surface area contributed by atoms with E-state index in [9.17, 15) is 4.79 Å². The highest BCUT2D eigenvalue weighted by Crippen LogP contribution is 2.32. The van der Waals surface area contributed by atoms with E-state index in [4.69, 9.17) is 28.2 Å². The molecule has 2 aromatic heterocycles. The first kappa shape index (κ1) is 28.2. The normalized spacial score (nSPS) is 19.2. The van der Waals surface area contributed by atoms with Gasteiger partial charge in [0.1, 0.15) is 18.0 Å². The molecule has 0 spiro atoms. The number of likely N-dealkylation sites (N-methyl/N-ethyl adjacent to an activating group) is 1. The zero-order valence-corrected chi connectivity index (χ0v) is 25.2. The number of benzene rings is 2. The number of aromatic nitrogens is 4. The minimum atomic E-state index is -0.172. The number of hydrogen-bond donors (Lipinski definition) is 2. The quantitative estimate of drug-likeness (QED) is 0.234. The van der Waals surface area contributed by atoms with E-state index in [0.717, 1.165) is 54.6 Å². The predicted molar refractivity (Wildman–Crippen MR) is 166 cm³/mol. The van der Waals surface area contributed by atoms with Crippen LogP contribution in [-0.2, 0) is 0 Å². The monoisotopic (exact) mass is 593 g/mol. The minimum absolute atomic E-state index is 0.0129. The fourth-order valence-electron chi connectivity index (χ4n) is 6.45. The van der Waals surface area contributed by atoms with E-state index in [1.54, 1.807) is 0 Å². The first-order valence-corrected chi connectivity index (χ1v) is 15.5. The molecule has 1 saturated carbocycles. The lowest BCUT2D eigenvalue weighted by molar-refractivity contribution is 0.0514. The summed E-state index contributed by atoms with van der Waals surface area (Å²) in [6, 6.07) is 9.85. The number of carbonyl (C=O) groups excluding carboxylic acids is 1. The van der Waals surface area contributed by atoms with Gasteiger partial charge in [0.05, 0.1) is 33.2 Å². The summed E-state index contributed by atoms with van der Waals surface area (Å²) in [5.41, 5.74) is 2.89. The van der Waals surface area contributed by atoms with Crippen molar-refractivity contribution < 1.29 is 4.79 Å². The van der Waals surface area contributed by atoms with E-state index in [1.807, 2.05) is 42.2 Å². The second kappa shape index (κ2) is 12.1. The van der Waals surface area contributed by atoms with E-state index in [0.29, 0.717) is 33.0 Å². The molecule has 216 valence electrons. The number of likely N-dealkylation sites (tertiary alicyclic amines) is 1. The molecule has 1 amide bonds. The summed E-state index contributed by atoms with van der Waals surface area (Å²) in [5.74, 6) is 1.38. The zero-order chi connectivity index (χ0) is 28.5. The van der Waals surface area contributed by atoms with Crippen molar-refractivity contribution in [2.75, 3.05) is 25.5 Å². The molecule has 2 atom stereocenters. The summed E-state index contributed by atoms with van der Waals surface area (Å²) in [7, 11) is 2.23. The van der Waals surface area contributed by atoms with Gasteiger partial charge in [0.15, 0.2) is 0 Å². The van der Waals surface area contributed by atoms with Gasteiger partial charge in [-0.05, 0) is 76.4 Å². The Morgan fingerprint density at radius 2 is 1.88 bits per heavy atom. The van der Waals surface area contributed by atoms with Gasteiger partial charge >= 0.3 is 0 Å². The van der Waals surface area contributed by atoms with Crippen LogP contribution in [0.2, 0.25) is 10.0 Å². The zero-order valence-electron chi connectivity index (χ0n) is 23.7. The Kier molecular flexibility index (Phi) is 8.33. The molecule has 1 saturated heterocycles. The molecule has 8 nitrogen and oxygen atoms in total. The van der Waals surface area contributed by atoms with Crippen molar-refractivity contribution in [2.24, 2.45) is 0 Å². The number of H-pyrrole nitrogens is 1. The van der Waals surface area contributed by atoms with Crippen LogP contribution in [0.5, 0.6) is 0 Å². The number of fused-ring (bicyclic) bond motifs is 2. The number of nitrogens with zero attached hydrogens (tertiary/aromatic N) is 5. The number of carbonyl (C=O) groups is 1. The third-order valence-electron chi connectivity index (χ3n) is 8.76. The number of imidazole rings is 1. The van der Waals surface area contributed by atoms with Crippen LogP contribution < -0.4 is 5.32 Å². The molecule has 41 heavy (non-hydrogen) atoms. The molecule has 1 aliphatic carbocycles. The van der Waals surface area contributed by atoms with E-state index in [1.165, 1.54) is 38.4 Å². The van der Waals surface area contributed by atoms with E-state index >= 15 is 0 Å². The summed E-state index contributed by atoms with van der Waals surface area (Å²) >= 11 is 13.0. The number of halogens is 2. The van der Waals surface area contributed by atoms with Crippen LogP contribution in [0, 0.1) is 0 Å². The third-order valence-corrected chi connectivity index (χ3v) is 9.31. The summed E-state index contributed by atoms with van der Waals surface area (Å²) in [6.07, 6.45) is 11.2. The molecule has 6 rings (SSSR count). The van der Waals surface area contributed by atoms with Gasteiger partial charge in [0.25, 0.3) is 5.91 Å². The number of amides is 1. The predicted octanol–water partition coefficient (Wildman–Crippen LogP) is 7.25. The van der Waals surface area contributed by atoms with Crippen LogP contribution in [0.3, 0.4) is 0 Å². The molecule has 0 unspecified atom stereocenters. The van der Waals surface area contributed by atoms with Crippen LogP contribution in [0.1, 0.15) is 80.5 Å². The fraction of sp³-hybridized carbons (Fsp3) is 0.484. The number of nitrogens with one attached hydrogen (secondary N) is 2. The molecule has 10 heteroatoms. The molecule has 2 N–H and O–H groups in total. The van der Waals surface area contributed by atoms with E-state index < -0.39 is 0 Å². The van der Waals surface area contributed by atoms with Gasteiger partial charge < -0.3 is 20.1 Å². The van der Waals surface area contributed by atoms with Crippen LogP contribution >= 0.6 is 23.2 Å². The van der Waals surface area contributed by atoms with Crippen LogP contribution in [0.4, 0.5) is 5.82 Å². The van der Waals surface area contributed by atoms with Crippen molar-refractivity contribution >= 4 is 56.9 Å². The van der Waals surface area contributed by atoms with Crippen LogP contribution in [-0.4, -0.2) is 67.9 Å². The van der Waals surface area contributed by atoms with Gasteiger partial charge in [-0.1, -0.05) is 42.5 Å². The second-order valence-corrected chi connectivity index (χ2v) is 12.4.